The van der Waals surface area contributed by atoms with E-state index < -0.39 is 0 Å². The molecular weight excluding hydrogens is 164 g/mol. The largest absolute Gasteiger partial charge is 0.393 e. The Hall–Kier alpha value is -1.17. The Labute approximate surface area is 68.2 Å². The third kappa shape index (κ3) is 2.15. The maximum Gasteiger partial charge on any atom is 0.343 e. The second kappa shape index (κ2) is 3.29. The number of rotatable bonds is 3. The number of aromatic nitrogens is 3. The number of aryl methyl sites for hydroxylation is 1. The molecule has 0 fully saturated rings. The van der Waals surface area contributed by atoms with Crippen LogP contribution in [0.3, 0.4) is 0 Å². The number of aromatic amines is 1. The number of hydrogen-bond donors (Lipinski definition) is 2. The molecular formula is C5H8N4OS. The van der Waals surface area contributed by atoms with Gasteiger partial charge in [0.15, 0.2) is 0 Å². The summed E-state index contributed by atoms with van der Waals surface area (Å²) in [6.07, 6.45) is 1.94. The highest BCUT2D eigenvalue weighted by Gasteiger charge is 1.96. The Balaban J connectivity index is 2.58. The van der Waals surface area contributed by atoms with Crippen molar-refractivity contribution in [2.75, 3.05) is 0 Å². The van der Waals surface area contributed by atoms with Crippen LogP contribution in [-0.2, 0) is 6.54 Å². The fourth-order valence-corrected chi connectivity index (χ4v) is 0.752. The molecule has 0 saturated heterocycles. The number of thiocarbonyl (C=S) groups is 1. The summed E-state index contributed by atoms with van der Waals surface area (Å²) < 4.78 is 1.42. The SMILES string of the molecule is NC(=S)CCn1cn[nH]c1=O. The molecule has 1 heterocycles. The van der Waals surface area contributed by atoms with Gasteiger partial charge in [0.1, 0.15) is 6.33 Å². The molecule has 5 nitrogen and oxygen atoms in total. The van der Waals surface area contributed by atoms with Gasteiger partial charge >= 0.3 is 5.69 Å². The van der Waals surface area contributed by atoms with Gasteiger partial charge in [-0.3, -0.25) is 4.57 Å². The first-order valence-electron chi connectivity index (χ1n) is 3.08. The molecule has 60 valence electrons. The fourth-order valence-electron chi connectivity index (χ4n) is 0.660. The molecule has 0 unspecified atom stereocenters. The number of nitrogens with two attached hydrogens (primary N) is 1. The van der Waals surface area contributed by atoms with E-state index in [1.807, 2.05) is 0 Å². The highest BCUT2D eigenvalue weighted by atomic mass is 32.1. The van der Waals surface area contributed by atoms with E-state index in [4.69, 9.17) is 5.73 Å². The number of nitrogens with one attached hydrogen (secondary N) is 1. The van der Waals surface area contributed by atoms with Gasteiger partial charge in [0.2, 0.25) is 0 Å². The molecule has 6 heteroatoms. The summed E-state index contributed by atoms with van der Waals surface area (Å²) in [5.41, 5.74) is 5.01. The summed E-state index contributed by atoms with van der Waals surface area (Å²) in [5.74, 6) is 0. The minimum absolute atomic E-state index is 0.235. The Morgan fingerprint density at radius 2 is 2.64 bits per heavy atom. The van der Waals surface area contributed by atoms with Crippen molar-refractivity contribution in [2.24, 2.45) is 5.73 Å². The molecule has 0 spiro atoms. The monoisotopic (exact) mass is 172 g/mol. The zero-order valence-corrected chi connectivity index (χ0v) is 6.60. The first kappa shape index (κ1) is 7.93. The Bertz CT molecular complexity index is 301. The van der Waals surface area contributed by atoms with E-state index in [2.05, 4.69) is 22.4 Å². The maximum atomic E-state index is 10.8. The summed E-state index contributed by atoms with van der Waals surface area (Å²) in [6, 6.07) is 0. The molecule has 0 bridgehead atoms. The second-order valence-corrected chi connectivity index (χ2v) is 2.60. The molecule has 0 atom stereocenters. The summed E-state index contributed by atoms with van der Waals surface area (Å²) in [7, 11) is 0. The topological polar surface area (TPSA) is 76.7 Å². The molecule has 0 radical (unpaired) electrons. The van der Waals surface area contributed by atoms with Gasteiger partial charge < -0.3 is 5.73 Å². The van der Waals surface area contributed by atoms with Crippen molar-refractivity contribution in [1.82, 2.24) is 14.8 Å². The molecule has 1 aromatic rings. The lowest BCUT2D eigenvalue weighted by Gasteiger charge is -1.96. The Morgan fingerprint density at radius 3 is 3.09 bits per heavy atom. The normalized spacial score (nSPS) is 9.82. The zero-order valence-electron chi connectivity index (χ0n) is 5.78. The van der Waals surface area contributed by atoms with Crippen molar-refractivity contribution < 1.29 is 0 Å². The fraction of sp³-hybridized carbons (Fsp3) is 0.400. The molecule has 0 aliphatic rings. The van der Waals surface area contributed by atoms with E-state index in [1.165, 1.54) is 10.9 Å². The van der Waals surface area contributed by atoms with Crippen molar-refractivity contribution in [3.8, 4) is 0 Å². The first-order chi connectivity index (χ1) is 5.20. The number of H-pyrrole nitrogens is 1. The second-order valence-electron chi connectivity index (χ2n) is 2.07. The van der Waals surface area contributed by atoms with E-state index in [0.717, 1.165) is 0 Å². The van der Waals surface area contributed by atoms with Gasteiger partial charge in [0.05, 0.1) is 4.99 Å². The van der Waals surface area contributed by atoms with Crippen molar-refractivity contribution in [1.29, 1.82) is 0 Å². The first-order valence-corrected chi connectivity index (χ1v) is 3.49. The van der Waals surface area contributed by atoms with Crippen LogP contribution in [0.25, 0.3) is 0 Å². The van der Waals surface area contributed by atoms with Crippen LogP contribution in [-0.4, -0.2) is 19.8 Å². The van der Waals surface area contributed by atoms with Gasteiger partial charge in [-0.05, 0) is 0 Å². The molecule has 1 rings (SSSR count). The van der Waals surface area contributed by atoms with Crippen LogP contribution in [0, 0.1) is 0 Å². The Kier molecular flexibility index (Phi) is 2.37. The average Bonchev–Trinajstić information content (AvgIpc) is 2.31. The predicted octanol–water partition coefficient (Wildman–Crippen LogP) is -0.752. The van der Waals surface area contributed by atoms with E-state index in [1.54, 1.807) is 0 Å². The average molecular weight is 172 g/mol. The van der Waals surface area contributed by atoms with Gasteiger partial charge in [-0.25, -0.2) is 9.89 Å². The van der Waals surface area contributed by atoms with Crippen LogP contribution in [0.5, 0.6) is 0 Å². The highest BCUT2D eigenvalue weighted by molar-refractivity contribution is 7.80. The molecule has 1 aromatic heterocycles. The molecule has 0 saturated carbocycles. The molecule has 0 amide bonds. The summed E-state index contributed by atoms with van der Waals surface area (Å²) >= 11 is 4.64. The third-order valence-corrected chi connectivity index (χ3v) is 1.42. The quantitative estimate of drug-likeness (QED) is 0.588. The van der Waals surface area contributed by atoms with Crippen LogP contribution < -0.4 is 11.4 Å². The van der Waals surface area contributed by atoms with Crippen molar-refractivity contribution in [2.45, 2.75) is 13.0 Å². The van der Waals surface area contributed by atoms with Crippen molar-refractivity contribution >= 4 is 17.2 Å². The van der Waals surface area contributed by atoms with Crippen LogP contribution in [0.2, 0.25) is 0 Å². The van der Waals surface area contributed by atoms with E-state index in [0.29, 0.717) is 18.0 Å². The van der Waals surface area contributed by atoms with E-state index >= 15 is 0 Å². The molecule has 0 aliphatic carbocycles. The van der Waals surface area contributed by atoms with Crippen molar-refractivity contribution in [3.63, 3.8) is 0 Å². The predicted molar refractivity (Wildman–Crippen MR) is 44.3 cm³/mol. The lowest BCUT2D eigenvalue weighted by molar-refractivity contribution is 0.697. The third-order valence-electron chi connectivity index (χ3n) is 1.22. The van der Waals surface area contributed by atoms with Crippen LogP contribution in [0.1, 0.15) is 6.42 Å². The zero-order chi connectivity index (χ0) is 8.27. The number of hydrogen-bond acceptors (Lipinski definition) is 3. The molecule has 3 N–H and O–H groups in total. The van der Waals surface area contributed by atoms with Gasteiger partial charge in [-0.1, -0.05) is 12.2 Å². The van der Waals surface area contributed by atoms with Crippen LogP contribution >= 0.6 is 12.2 Å². The molecule has 11 heavy (non-hydrogen) atoms. The minimum atomic E-state index is -0.235. The van der Waals surface area contributed by atoms with E-state index in [9.17, 15) is 4.79 Å². The lowest BCUT2D eigenvalue weighted by Crippen LogP contribution is -2.19. The smallest absolute Gasteiger partial charge is 0.343 e. The summed E-state index contributed by atoms with van der Waals surface area (Å²) in [6.45, 7) is 0.491. The van der Waals surface area contributed by atoms with Gasteiger partial charge in [-0.2, -0.15) is 5.10 Å². The van der Waals surface area contributed by atoms with Crippen molar-refractivity contribution in [3.05, 3.63) is 16.8 Å². The number of nitrogens with zero attached hydrogens (tertiary/aromatic N) is 2. The van der Waals surface area contributed by atoms with Crippen LogP contribution in [0.4, 0.5) is 0 Å². The van der Waals surface area contributed by atoms with Gasteiger partial charge in [0, 0.05) is 13.0 Å². The minimum Gasteiger partial charge on any atom is -0.393 e. The Morgan fingerprint density at radius 1 is 1.91 bits per heavy atom. The summed E-state index contributed by atoms with van der Waals surface area (Å²) in [5, 5.41) is 5.81. The molecule has 0 aliphatic heterocycles. The van der Waals surface area contributed by atoms with Gasteiger partial charge in [0.25, 0.3) is 0 Å². The summed E-state index contributed by atoms with van der Waals surface area (Å²) in [4.78, 5) is 11.2. The van der Waals surface area contributed by atoms with E-state index in [-0.39, 0.29) is 5.69 Å². The standard InChI is InChI=1S/C5H8N4OS/c6-4(11)1-2-9-3-7-8-5(9)10/h3H,1-2H2,(H2,6,11)(H,8,10). The maximum absolute atomic E-state index is 10.8. The van der Waals surface area contributed by atoms with Gasteiger partial charge in [-0.15, -0.1) is 0 Å². The van der Waals surface area contributed by atoms with Crippen LogP contribution in [0.15, 0.2) is 11.1 Å². The molecule has 0 aromatic carbocycles. The lowest BCUT2D eigenvalue weighted by atomic mass is 10.4. The highest BCUT2D eigenvalue weighted by Crippen LogP contribution is 1.83.